The lowest BCUT2D eigenvalue weighted by molar-refractivity contribution is -0.00554. The Morgan fingerprint density at radius 1 is 1.40 bits per heavy atom. The summed E-state index contributed by atoms with van der Waals surface area (Å²) in [6, 6.07) is 4.92. The minimum Gasteiger partial charge on any atom is -0.508 e. The van der Waals surface area contributed by atoms with Gasteiger partial charge in [0.1, 0.15) is 5.75 Å². The summed E-state index contributed by atoms with van der Waals surface area (Å²) >= 11 is 0. The molecule has 0 spiro atoms. The number of rotatable bonds is 4. The first-order chi connectivity index (χ1) is 9.61. The molecule has 1 amide bonds. The Labute approximate surface area is 118 Å². The van der Waals surface area contributed by atoms with E-state index in [0.717, 1.165) is 12.8 Å². The van der Waals surface area contributed by atoms with Crippen molar-refractivity contribution in [1.82, 2.24) is 4.90 Å². The highest BCUT2D eigenvalue weighted by Gasteiger charge is 2.24. The zero-order valence-corrected chi connectivity index (χ0v) is 11.7. The van der Waals surface area contributed by atoms with Gasteiger partial charge in [0.15, 0.2) is 0 Å². The monoisotopic (exact) mass is 279 g/mol. The summed E-state index contributed by atoms with van der Waals surface area (Å²) in [6.07, 6.45) is 1.72. The quantitative estimate of drug-likeness (QED) is 0.872. The molecule has 0 bridgehead atoms. The number of hydrogen-bond acceptors (Lipinski definition) is 4. The summed E-state index contributed by atoms with van der Waals surface area (Å²) in [5.41, 5.74) is 1.31. The van der Waals surface area contributed by atoms with Gasteiger partial charge >= 0.3 is 0 Å². The van der Waals surface area contributed by atoms with Crippen LogP contribution in [0.3, 0.4) is 0 Å². The molecule has 5 nitrogen and oxygen atoms in total. The zero-order valence-electron chi connectivity index (χ0n) is 11.7. The highest BCUT2D eigenvalue weighted by atomic mass is 16.5. The third kappa shape index (κ3) is 3.49. The maximum atomic E-state index is 12.3. The van der Waals surface area contributed by atoms with Crippen LogP contribution in [0.5, 0.6) is 5.75 Å². The number of phenols is 1. The van der Waals surface area contributed by atoms with Gasteiger partial charge in [0, 0.05) is 18.7 Å². The Kier molecular flexibility index (Phi) is 4.98. The van der Waals surface area contributed by atoms with E-state index in [4.69, 9.17) is 9.84 Å². The van der Waals surface area contributed by atoms with Gasteiger partial charge in [0.25, 0.3) is 5.91 Å². The van der Waals surface area contributed by atoms with Gasteiger partial charge in [0.2, 0.25) is 0 Å². The molecule has 1 aliphatic rings. The van der Waals surface area contributed by atoms with E-state index < -0.39 is 0 Å². The third-order valence-electron chi connectivity index (χ3n) is 3.62. The van der Waals surface area contributed by atoms with E-state index in [1.807, 2.05) is 4.90 Å². The van der Waals surface area contributed by atoms with Crippen molar-refractivity contribution in [2.24, 2.45) is 0 Å². The van der Waals surface area contributed by atoms with Gasteiger partial charge in [-0.1, -0.05) is 0 Å². The van der Waals surface area contributed by atoms with Crippen LogP contribution in [0.4, 0.5) is 0 Å². The van der Waals surface area contributed by atoms with E-state index in [2.05, 4.69) is 0 Å². The molecule has 1 aliphatic heterocycles. The van der Waals surface area contributed by atoms with Crippen LogP contribution in [0, 0.1) is 6.92 Å². The number of amides is 1. The number of benzene rings is 1. The molecule has 1 aromatic carbocycles. The number of aliphatic hydroxyl groups is 1. The molecule has 1 heterocycles. The first-order valence-corrected chi connectivity index (χ1v) is 6.93. The maximum Gasteiger partial charge on any atom is 0.253 e. The molecule has 110 valence electrons. The molecule has 5 heteroatoms. The molecule has 1 aromatic rings. The van der Waals surface area contributed by atoms with Crippen LogP contribution in [0.25, 0.3) is 0 Å². The molecule has 2 rings (SSSR count). The van der Waals surface area contributed by atoms with Crippen LogP contribution in [0.1, 0.15) is 28.8 Å². The van der Waals surface area contributed by atoms with Crippen molar-refractivity contribution in [2.45, 2.75) is 25.9 Å². The largest absolute Gasteiger partial charge is 0.508 e. The fourth-order valence-electron chi connectivity index (χ4n) is 2.42. The second-order valence-electron chi connectivity index (χ2n) is 5.09. The van der Waals surface area contributed by atoms with Crippen molar-refractivity contribution in [3.8, 4) is 5.75 Å². The molecule has 0 aromatic heterocycles. The van der Waals surface area contributed by atoms with Crippen LogP contribution in [0.15, 0.2) is 18.2 Å². The zero-order chi connectivity index (χ0) is 14.5. The smallest absolute Gasteiger partial charge is 0.253 e. The summed E-state index contributed by atoms with van der Waals surface area (Å²) in [6.45, 7) is 3.49. The summed E-state index contributed by atoms with van der Waals surface area (Å²) in [5.74, 6) is 0.200. The van der Waals surface area contributed by atoms with E-state index in [9.17, 15) is 9.90 Å². The Morgan fingerprint density at radius 3 is 2.70 bits per heavy atom. The molecular weight excluding hydrogens is 258 g/mol. The second kappa shape index (κ2) is 6.72. The van der Waals surface area contributed by atoms with Crippen LogP contribution in [-0.4, -0.2) is 53.4 Å². The SMILES string of the molecule is Cc1cc(C(=O)N2CCC(OCCO)CC2)ccc1O. The predicted molar refractivity (Wildman–Crippen MR) is 74.8 cm³/mol. The number of aliphatic hydroxyl groups excluding tert-OH is 1. The van der Waals surface area contributed by atoms with E-state index >= 15 is 0 Å². The summed E-state index contributed by atoms with van der Waals surface area (Å²) in [7, 11) is 0. The lowest BCUT2D eigenvalue weighted by Gasteiger charge is -2.32. The Bertz CT molecular complexity index is 467. The predicted octanol–water partition coefficient (Wildman–Crippen LogP) is 1.31. The van der Waals surface area contributed by atoms with E-state index in [-0.39, 0.29) is 24.4 Å². The molecule has 0 radical (unpaired) electrons. The Morgan fingerprint density at radius 2 is 2.10 bits per heavy atom. The van der Waals surface area contributed by atoms with E-state index in [1.54, 1.807) is 25.1 Å². The average Bonchev–Trinajstić information content (AvgIpc) is 2.48. The molecule has 1 fully saturated rings. The fourth-order valence-corrected chi connectivity index (χ4v) is 2.42. The van der Waals surface area contributed by atoms with Crippen LogP contribution < -0.4 is 0 Å². The van der Waals surface area contributed by atoms with Gasteiger partial charge in [-0.05, 0) is 43.5 Å². The van der Waals surface area contributed by atoms with Crippen molar-refractivity contribution in [3.63, 3.8) is 0 Å². The van der Waals surface area contributed by atoms with Crippen molar-refractivity contribution in [1.29, 1.82) is 0 Å². The van der Waals surface area contributed by atoms with Gasteiger partial charge in [0.05, 0.1) is 19.3 Å². The van der Waals surface area contributed by atoms with Crippen LogP contribution in [0.2, 0.25) is 0 Å². The van der Waals surface area contributed by atoms with Crippen molar-refractivity contribution >= 4 is 5.91 Å². The van der Waals surface area contributed by atoms with Crippen LogP contribution >= 0.6 is 0 Å². The summed E-state index contributed by atoms with van der Waals surface area (Å²) in [4.78, 5) is 14.2. The van der Waals surface area contributed by atoms with Crippen molar-refractivity contribution in [2.75, 3.05) is 26.3 Å². The molecule has 0 unspecified atom stereocenters. The van der Waals surface area contributed by atoms with Crippen LogP contribution in [-0.2, 0) is 4.74 Å². The molecule has 0 atom stereocenters. The standard InChI is InChI=1S/C15H21NO4/c1-11-10-12(2-3-14(11)18)15(19)16-6-4-13(5-7-16)20-9-8-17/h2-3,10,13,17-18H,4-9H2,1H3. The first-order valence-electron chi connectivity index (χ1n) is 6.93. The van der Waals surface area contributed by atoms with E-state index in [0.29, 0.717) is 30.8 Å². The van der Waals surface area contributed by atoms with Gasteiger partial charge in [-0.25, -0.2) is 0 Å². The summed E-state index contributed by atoms with van der Waals surface area (Å²) in [5, 5.41) is 18.2. The fraction of sp³-hybridized carbons (Fsp3) is 0.533. The normalized spacial score (nSPS) is 16.4. The average molecular weight is 279 g/mol. The molecule has 20 heavy (non-hydrogen) atoms. The van der Waals surface area contributed by atoms with E-state index in [1.165, 1.54) is 0 Å². The number of phenolic OH excluding ortho intramolecular Hbond substituents is 1. The van der Waals surface area contributed by atoms with Crippen molar-refractivity contribution < 1.29 is 19.7 Å². The number of aromatic hydroxyl groups is 1. The lowest BCUT2D eigenvalue weighted by Crippen LogP contribution is -2.41. The summed E-state index contributed by atoms with van der Waals surface area (Å²) < 4.78 is 5.48. The third-order valence-corrected chi connectivity index (χ3v) is 3.62. The minimum atomic E-state index is -0.00583. The lowest BCUT2D eigenvalue weighted by atomic mass is 10.0. The number of carbonyl (C=O) groups excluding carboxylic acids is 1. The molecule has 0 aliphatic carbocycles. The second-order valence-corrected chi connectivity index (χ2v) is 5.09. The topological polar surface area (TPSA) is 70.0 Å². The Balaban J connectivity index is 1.92. The molecule has 1 saturated heterocycles. The molecular formula is C15H21NO4. The number of carbonyl (C=O) groups is 1. The minimum absolute atomic E-state index is 0.00583. The Hall–Kier alpha value is -1.59. The van der Waals surface area contributed by atoms with Gasteiger partial charge in [-0.3, -0.25) is 4.79 Å². The number of piperidine rings is 1. The molecule has 0 saturated carbocycles. The molecule has 2 N–H and O–H groups in total. The number of aryl methyl sites for hydroxylation is 1. The maximum absolute atomic E-state index is 12.3. The van der Waals surface area contributed by atoms with Crippen molar-refractivity contribution in [3.05, 3.63) is 29.3 Å². The van der Waals surface area contributed by atoms with Gasteiger partial charge < -0.3 is 19.8 Å². The van der Waals surface area contributed by atoms with Gasteiger partial charge in [-0.2, -0.15) is 0 Å². The first kappa shape index (κ1) is 14.8. The van der Waals surface area contributed by atoms with Gasteiger partial charge in [-0.15, -0.1) is 0 Å². The highest BCUT2D eigenvalue weighted by Crippen LogP contribution is 2.20. The number of ether oxygens (including phenoxy) is 1. The number of nitrogens with zero attached hydrogens (tertiary/aromatic N) is 1. The number of likely N-dealkylation sites (tertiary alicyclic amines) is 1. The highest BCUT2D eigenvalue weighted by molar-refractivity contribution is 5.94. The number of hydrogen-bond donors (Lipinski definition) is 2.